The van der Waals surface area contributed by atoms with Gasteiger partial charge in [0, 0.05) is 11.4 Å². The molecule has 0 fully saturated rings. The molecule has 2 nitrogen and oxygen atoms in total. The van der Waals surface area contributed by atoms with Gasteiger partial charge >= 0.3 is 0 Å². The highest BCUT2D eigenvalue weighted by Crippen LogP contribution is 2.12. The fraction of sp³-hybridized carbons (Fsp3) is 0.417. The van der Waals surface area contributed by atoms with Gasteiger partial charge < -0.3 is 5.32 Å². The summed E-state index contributed by atoms with van der Waals surface area (Å²) >= 11 is 5.62. The number of hydrogen-bond acceptors (Lipinski definition) is 1. The zero-order valence-corrected chi connectivity index (χ0v) is 10.1. The minimum absolute atomic E-state index is 0.0603. The molecule has 0 atom stereocenters. The van der Waals surface area contributed by atoms with Crippen LogP contribution in [0.5, 0.6) is 0 Å². The summed E-state index contributed by atoms with van der Waals surface area (Å²) in [6.07, 6.45) is 0.634. The average molecular weight is 244 g/mol. The topological polar surface area (TPSA) is 29.1 Å². The van der Waals surface area contributed by atoms with Crippen molar-refractivity contribution < 1.29 is 9.18 Å². The molecule has 0 unspecified atom stereocenters. The lowest BCUT2D eigenvalue weighted by Gasteiger charge is -2.25. The molecule has 1 N–H and O–H groups in total. The highest BCUT2D eigenvalue weighted by molar-refractivity contribution is 6.17. The van der Waals surface area contributed by atoms with Gasteiger partial charge in [0.05, 0.1) is 5.56 Å². The molecule has 16 heavy (non-hydrogen) atoms. The third-order valence-corrected chi connectivity index (χ3v) is 2.48. The number of amides is 1. The number of rotatable bonds is 4. The van der Waals surface area contributed by atoms with Crippen molar-refractivity contribution in [3.05, 3.63) is 35.6 Å². The maximum absolute atomic E-state index is 13.3. The van der Waals surface area contributed by atoms with E-state index < -0.39 is 17.3 Å². The minimum Gasteiger partial charge on any atom is -0.347 e. The molecule has 1 aromatic rings. The summed E-state index contributed by atoms with van der Waals surface area (Å²) in [6, 6.07) is 5.91. The minimum atomic E-state index is -0.512. The van der Waals surface area contributed by atoms with E-state index in [1.54, 1.807) is 12.1 Å². The Morgan fingerprint density at radius 3 is 2.62 bits per heavy atom. The van der Waals surface area contributed by atoms with Crippen LogP contribution >= 0.6 is 11.6 Å². The molecule has 0 saturated carbocycles. The van der Waals surface area contributed by atoms with E-state index in [2.05, 4.69) is 5.32 Å². The van der Waals surface area contributed by atoms with E-state index >= 15 is 0 Å². The summed E-state index contributed by atoms with van der Waals surface area (Å²) in [5, 5.41) is 2.75. The second-order valence-corrected chi connectivity index (χ2v) is 4.63. The number of carbonyl (C=O) groups is 1. The normalized spacial score (nSPS) is 11.2. The van der Waals surface area contributed by atoms with Crippen LogP contribution in [0.2, 0.25) is 0 Å². The average Bonchev–Trinajstić information content (AvgIpc) is 2.17. The monoisotopic (exact) mass is 243 g/mol. The van der Waals surface area contributed by atoms with Crippen molar-refractivity contribution in [2.45, 2.75) is 25.8 Å². The van der Waals surface area contributed by atoms with Crippen LogP contribution in [0.15, 0.2) is 24.3 Å². The second-order valence-electron chi connectivity index (χ2n) is 4.26. The van der Waals surface area contributed by atoms with Gasteiger partial charge in [-0.05, 0) is 32.4 Å². The maximum Gasteiger partial charge on any atom is 0.254 e. The Hall–Kier alpha value is -1.09. The molecule has 0 aliphatic heterocycles. The van der Waals surface area contributed by atoms with Crippen molar-refractivity contribution in [1.29, 1.82) is 0 Å². The third-order valence-electron chi connectivity index (χ3n) is 2.29. The maximum atomic E-state index is 13.3. The van der Waals surface area contributed by atoms with Crippen molar-refractivity contribution >= 4 is 17.5 Å². The molecule has 0 aliphatic rings. The van der Waals surface area contributed by atoms with Crippen LogP contribution in [0, 0.1) is 5.82 Å². The molecule has 0 saturated heterocycles. The highest BCUT2D eigenvalue weighted by Gasteiger charge is 2.21. The van der Waals surface area contributed by atoms with E-state index in [0.29, 0.717) is 12.3 Å². The molecule has 0 aromatic heterocycles. The Bertz CT molecular complexity index is 379. The predicted molar refractivity (Wildman–Crippen MR) is 63.3 cm³/mol. The van der Waals surface area contributed by atoms with Crippen molar-refractivity contribution in [2.24, 2.45) is 0 Å². The van der Waals surface area contributed by atoms with Gasteiger partial charge in [0.25, 0.3) is 5.91 Å². The van der Waals surface area contributed by atoms with Crippen LogP contribution in [0.25, 0.3) is 0 Å². The predicted octanol–water partition coefficient (Wildman–Crippen LogP) is 2.96. The summed E-state index contributed by atoms with van der Waals surface area (Å²) in [7, 11) is 0. The van der Waals surface area contributed by atoms with Gasteiger partial charge in [-0.2, -0.15) is 0 Å². The summed E-state index contributed by atoms with van der Waals surface area (Å²) in [6.45, 7) is 3.71. The Balaban J connectivity index is 2.77. The molecule has 88 valence electrons. The van der Waals surface area contributed by atoms with E-state index in [0.717, 1.165) is 0 Å². The van der Waals surface area contributed by atoms with Crippen LogP contribution in [-0.4, -0.2) is 17.3 Å². The van der Waals surface area contributed by atoms with Crippen molar-refractivity contribution in [1.82, 2.24) is 5.32 Å². The molecular weight excluding hydrogens is 229 g/mol. The first-order valence-electron chi connectivity index (χ1n) is 5.09. The van der Waals surface area contributed by atoms with E-state index in [9.17, 15) is 9.18 Å². The molecular formula is C12H15ClFNO. The molecule has 1 rings (SSSR count). The van der Waals surface area contributed by atoms with Crippen LogP contribution in [0.3, 0.4) is 0 Å². The fourth-order valence-electron chi connectivity index (χ4n) is 1.32. The first-order valence-corrected chi connectivity index (χ1v) is 5.63. The molecule has 1 amide bonds. The van der Waals surface area contributed by atoms with E-state index in [-0.39, 0.29) is 5.56 Å². The summed E-state index contributed by atoms with van der Waals surface area (Å²) in [4.78, 5) is 11.8. The van der Waals surface area contributed by atoms with Crippen LogP contribution in [0.1, 0.15) is 30.6 Å². The Morgan fingerprint density at radius 1 is 1.44 bits per heavy atom. The lowest BCUT2D eigenvalue weighted by Crippen LogP contribution is -2.44. The van der Waals surface area contributed by atoms with Gasteiger partial charge in [0.2, 0.25) is 0 Å². The van der Waals surface area contributed by atoms with Gasteiger partial charge in [-0.1, -0.05) is 12.1 Å². The van der Waals surface area contributed by atoms with Crippen LogP contribution in [0.4, 0.5) is 4.39 Å². The number of hydrogen-bond donors (Lipinski definition) is 1. The molecule has 0 aliphatic carbocycles. The number of alkyl halides is 1. The lowest BCUT2D eigenvalue weighted by molar-refractivity contribution is 0.0907. The first-order chi connectivity index (χ1) is 7.46. The summed E-state index contributed by atoms with van der Waals surface area (Å²) < 4.78 is 13.3. The van der Waals surface area contributed by atoms with Crippen LogP contribution in [-0.2, 0) is 0 Å². The van der Waals surface area contributed by atoms with Crippen molar-refractivity contribution in [3.8, 4) is 0 Å². The van der Waals surface area contributed by atoms with E-state index in [1.807, 2.05) is 13.8 Å². The molecule has 1 aromatic carbocycles. The largest absolute Gasteiger partial charge is 0.347 e. The standard InChI is InChI=1S/C12H15ClFNO/c1-12(2,7-8-13)15-11(16)9-5-3-4-6-10(9)14/h3-6H,7-8H2,1-2H3,(H,15,16). The molecule has 0 radical (unpaired) electrons. The highest BCUT2D eigenvalue weighted by atomic mass is 35.5. The smallest absolute Gasteiger partial charge is 0.254 e. The van der Waals surface area contributed by atoms with E-state index in [1.165, 1.54) is 12.1 Å². The van der Waals surface area contributed by atoms with Crippen molar-refractivity contribution in [2.75, 3.05) is 5.88 Å². The van der Waals surface area contributed by atoms with Gasteiger partial charge in [0.15, 0.2) is 0 Å². The Kier molecular flexibility index (Phi) is 4.30. The van der Waals surface area contributed by atoms with Crippen molar-refractivity contribution in [3.63, 3.8) is 0 Å². The zero-order valence-electron chi connectivity index (χ0n) is 9.39. The number of benzene rings is 1. The Labute approximate surface area is 99.8 Å². The number of nitrogens with one attached hydrogen (secondary N) is 1. The third kappa shape index (κ3) is 3.49. The van der Waals surface area contributed by atoms with E-state index in [4.69, 9.17) is 11.6 Å². The molecule has 0 heterocycles. The zero-order chi connectivity index (χ0) is 12.2. The summed E-state index contributed by atoms with van der Waals surface area (Å²) in [5.41, 5.74) is -0.369. The number of carbonyl (C=O) groups excluding carboxylic acids is 1. The lowest BCUT2D eigenvalue weighted by atomic mass is 10.0. The van der Waals surface area contributed by atoms with Crippen LogP contribution < -0.4 is 5.32 Å². The SMILES string of the molecule is CC(C)(CCCl)NC(=O)c1ccccc1F. The Morgan fingerprint density at radius 2 is 2.06 bits per heavy atom. The second kappa shape index (κ2) is 5.30. The first kappa shape index (κ1) is 13.0. The number of halogens is 2. The molecule has 4 heteroatoms. The van der Waals surface area contributed by atoms with Gasteiger partial charge in [-0.25, -0.2) is 4.39 Å². The summed E-state index contributed by atoms with van der Waals surface area (Å²) in [5.74, 6) is -0.472. The fourth-order valence-corrected chi connectivity index (χ4v) is 1.79. The quantitative estimate of drug-likeness (QED) is 0.810. The molecule has 0 bridgehead atoms. The van der Waals surface area contributed by atoms with Gasteiger partial charge in [-0.3, -0.25) is 4.79 Å². The van der Waals surface area contributed by atoms with Gasteiger partial charge in [0.1, 0.15) is 5.82 Å². The van der Waals surface area contributed by atoms with Gasteiger partial charge in [-0.15, -0.1) is 11.6 Å². The molecule has 0 spiro atoms.